The van der Waals surface area contributed by atoms with E-state index >= 15 is 0 Å². The average molecular weight is 611 g/mol. The van der Waals surface area contributed by atoms with Gasteiger partial charge in [0.25, 0.3) is 0 Å². The molecule has 0 saturated carbocycles. The van der Waals surface area contributed by atoms with E-state index in [-0.39, 0.29) is 17.1 Å². The summed E-state index contributed by atoms with van der Waals surface area (Å²) in [7, 11) is 0. The number of rotatable bonds is 4. The van der Waals surface area contributed by atoms with Crippen molar-refractivity contribution < 1.29 is 17.1 Å². The summed E-state index contributed by atoms with van der Waals surface area (Å²) in [5.74, 6) is 0. The Hall–Kier alpha value is -4.32. The van der Waals surface area contributed by atoms with Crippen LogP contribution >= 0.6 is 0 Å². The van der Waals surface area contributed by atoms with Gasteiger partial charge in [-0.2, -0.15) is 12.4 Å². The number of benzene rings is 2. The van der Waals surface area contributed by atoms with Crippen LogP contribution < -0.4 is 9.80 Å². The van der Waals surface area contributed by atoms with E-state index in [2.05, 4.69) is 112 Å². The molecule has 0 aliphatic carbocycles. The van der Waals surface area contributed by atoms with Crippen molar-refractivity contribution in [2.24, 2.45) is 0 Å². The van der Waals surface area contributed by atoms with Crippen molar-refractivity contribution in [1.29, 1.82) is 0 Å². The topological polar surface area (TPSA) is 41.2 Å². The Morgan fingerprint density at radius 3 is 1.23 bits per heavy atom. The Kier molecular flexibility index (Phi) is 10.5. The minimum Gasteiger partial charge on any atom is -0.663 e. The van der Waals surface area contributed by atoms with Gasteiger partial charge in [-0.05, 0) is 101 Å². The van der Waals surface area contributed by atoms with Gasteiger partial charge in [0.05, 0.1) is 0 Å². The summed E-state index contributed by atoms with van der Waals surface area (Å²) in [6, 6.07) is 8.87. The van der Waals surface area contributed by atoms with E-state index in [0.29, 0.717) is 0 Å². The first kappa shape index (κ1) is 31.6. The molecule has 0 bridgehead atoms. The van der Waals surface area contributed by atoms with Gasteiger partial charge in [0, 0.05) is 11.4 Å². The Morgan fingerprint density at radius 2 is 0.907 bits per heavy atom. The van der Waals surface area contributed by atoms with Gasteiger partial charge in [-0.3, -0.25) is 0 Å². The van der Waals surface area contributed by atoms with Crippen molar-refractivity contribution in [3.8, 4) is 0 Å². The summed E-state index contributed by atoms with van der Waals surface area (Å²) in [6.07, 6.45) is 27.7. The summed E-state index contributed by atoms with van der Waals surface area (Å²) in [5, 5.41) is 8.63. The molecule has 6 rings (SSSR count). The maximum atomic E-state index is 4.32. The van der Waals surface area contributed by atoms with Crippen molar-refractivity contribution >= 4 is 11.4 Å². The molecule has 0 unspecified atom stereocenters. The first-order valence-corrected chi connectivity index (χ1v) is 14.1. The molecule has 4 heterocycles. The van der Waals surface area contributed by atoms with Crippen LogP contribution in [0.25, 0.3) is 10.6 Å². The third-order valence-electron chi connectivity index (χ3n) is 7.04. The molecule has 2 aromatic carbocycles. The van der Waals surface area contributed by atoms with Crippen molar-refractivity contribution in [2.45, 2.75) is 41.5 Å². The molecule has 43 heavy (non-hydrogen) atoms. The minimum atomic E-state index is 0. The molecule has 0 radical (unpaired) electrons. The Labute approximate surface area is 267 Å². The summed E-state index contributed by atoms with van der Waals surface area (Å²) in [6.45, 7) is 17.0. The standard InChI is InChI=1S/2C18H19N3.Fe/c2*1-14-10-15(2)18(16(3)11-14)21-9-8-20(13-21)12-17-6-4-5-7-19-17;/h2*4-13H,1-3H3;/q2*-2;+4/b2*17-12-;. The molecule has 7 heteroatoms. The first-order valence-electron chi connectivity index (χ1n) is 14.1. The number of hydrogen-bond donors (Lipinski definition) is 0. The van der Waals surface area contributed by atoms with Gasteiger partial charge in [-0.15, -0.1) is 24.7 Å². The molecular formula is C36H38FeN6. The van der Waals surface area contributed by atoms with E-state index in [0.717, 1.165) is 11.4 Å². The molecule has 220 valence electrons. The number of hydrogen-bond acceptors (Lipinski definition) is 4. The van der Waals surface area contributed by atoms with Gasteiger partial charge >= 0.3 is 17.1 Å². The van der Waals surface area contributed by atoms with Gasteiger partial charge in [-0.25, -0.2) is 0 Å². The molecular weight excluding hydrogens is 572 g/mol. The third-order valence-corrected chi connectivity index (χ3v) is 7.04. The van der Waals surface area contributed by atoms with Crippen molar-refractivity contribution in [3.63, 3.8) is 0 Å². The van der Waals surface area contributed by atoms with Crippen molar-refractivity contribution in [3.05, 3.63) is 179 Å². The minimum absolute atomic E-state index is 0. The number of nitrogens with zero attached hydrogens (tertiary/aromatic N) is 6. The summed E-state index contributed by atoms with van der Waals surface area (Å²) >= 11 is 0. The smallest absolute Gasteiger partial charge is 0.663 e. The maximum Gasteiger partial charge on any atom is 4.00 e. The van der Waals surface area contributed by atoms with E-state index < -0.39 is 0 Å². The molecule has 0 spiro atoms. The third kappa shape index (κ3) is 7.95. The van der Waals surface area contributed by atoms with Gasteiger partial charge in [0.1, 0.15) is 0 Å². The molecule has 4 aliphatic heterocycles. The van der Waals surface area contributed by atoms with Crippen LogP contribution in [0.5, 0.6) is 0 Å². The Morgan fingerprint density at radius 1 is 0.535 bits per heavy atom. The van der Waals surface area contributed by atoms with Gasteiger partial charge in [-0.1, -0.05) is 71.8 Å². The molecule has 0 N–H and O–H groups in total. The normalized spacial score (nSPS) is 18.3. The zero-order valence-corrected chi connectivity index (χ0v) is 26.7. The van der Waals surface area contributed by atoms with E-state index in [1.165, 1.54) is 44.8 Å². The Bertz CT molecular complexity index is 1410. The molecule has 0 aromatic heterocycles. The largest absolute Gasteiger partial charge is 4.00 e. The quantitative estimate of drug-likeness (QED) is 0.256. The summed E-state index contributed by atoms with van der Waals surface area (Å²) < 4.78 is 0. The van der Waals surface area contributed by atoms with Crippen LogP contribution in [0, 0.1) is 54.9 Å². The van der Waals surface area contributed by atoms with Crippen LogP contribution in [0.15, 0.2) is 122 Å². The second kappa shape index (κ2) is 14.2. The van der Waals surface area contributed by atoms with Crippen LogP contribution in [-0.4, -0.2) is 9.80 Å². The first-order chi connectivity index (χ1) is 20.3. The number of allylic oxidation sites excluding steroid dienone is 6. The summed E-state index contributed by atoms with van der Waals surface area (Å²) in [5.41, 5.74) is 12.1. The molecule has 0 atom stereocenters. The van der Waals surface area contributed by atoms with E-state index in [4.69, 9.17) is 0 Å². The fourth-order valence-corrected chi connectivity index (χ4v) is 5.53. The number of aryl methyl sites for hydroxylation is 6. The Balaban J connectivity index is 0.000000192. The zero-order valence-electron chi connectivity index (χ0n) is 25.6. The van der Waals surface area contributed by atoms with Gasteiger partial charge in [0.2, 0.25) is 0 Å². The van der Waals surface area contributed by atoms with Gasteiger partial charge in [0.15, 0.2) is 0 Å². The molecule has 2 aromatic rings. The fraction of sp³-hybridized carbons (Fsp3) is 0.167. The van der Waals surface area contributed by atoms with Crippen LogP contribution in [0.2, 0.25) is 0 Å². The molecule has 0 saturated heterocycles. The second-order valence-corrected chi connectivity index (χ2v) is 10.8. The van der Waals surface area contributed by atoms with E-state index in [1.54, 1.807) is 12.4 Å². The van der Waals surface area contributed by atoms with Crippen LogP contribution in [-0.2, 0) is 17.1 Å². The van der Waals surface area contributed by atoms with Crippen molar-refractivity contribution in [2.75, 3.05) is 9.80 Å². The SMILES string of the molecule is Cc1cc(C)c(N2C=CN(/C=C3/C=CC=C[N-]3)[CH-]2)c(C)c1.Cc1cc(C)c(N2C=CN(/C=C3/C=CC=C[N-]3)[CH-]2)c(C)c1.[Fe+4]. The number of anilines is 2. The fourth-order valence-electron chi connectivity index (χ4n) is 5.53. The molecule has 0 fully saturated rings. The predicted octanol–water partition coefficient (Wildman–Crippen LogP) is 9.24. The van der Waals surface area contributed by atoms with E-state index in [9.17, 15) is 0 Å². The molecule has 6 nitrogen and oxygen atoms in total. The zero-order chi connectivity index (χ0) is 29.6. The molecule has 0 amide bonds. The van der Waals surface area contributed by atoms with Crippen molar-refractivity contribution in [1.82, 2.24) is 9.80 Å². The van der Waals surface area contributed by atoms with Crippen LogP contribution in [0.4, 0.5) is 11.4 Å². The van der Waals surface area contributed by atoms with Gasteiger partial charge < -0.3 is 30.2 Å². The molecule has 4 aliphatic rings. The summed E-state index contributed by atoms with van der Waals surface area (Å²) in [4.78, 5) is 8.37. The maximum absolute atomic E-state index is 4.32. The average Bonchev–Trinajstić information content (AvgIpc) is 3.59. The van der Waals surface area contributed by atoms with Crippen LogP contribution in [0.3, 0.4) is 0 Å². The second-order valence-electron chi connectivity index (χ2n) is 10.8. The van der Waals surface area contributed by atoms with E-state index in [1.807, 2.05) is 71.1 Å². The predicted molar refractivity (Wildman–Crippen MR) is 176 cm³/mol. The van der Waals surface area contributed by atoms with Crippen LogP contribution in [0.1, 0.15) is 33.4 Å². The monoisotopic (exact) mass is 610 g/mol.